The predicted octanol–water partition coefficient (Wildman–Crippen LogP) is 3.54. The Morgan fingerprint density at radius 2 is 2.00 bits per heavy atom. The van der Waals surface area contributed by atoms with Crippen LogP contribution in [-0.4, -0.2) is 16.3 Å². The number of aldehydes is 1. The molecule has 3 aromatic rings. The van der Waals surface area contributed by atoms with Gasteiger partial charge in [0.2, 0.25) is 5.88 Å². The summed E-state index contributed by atoms with van der Waals surface area (Å²) in [5, 5.41) is 0.906. The van der Waals surface area contributed by atoms with E-state index in [9.17, 15) is 4.79 Å². The molecule has 0 aliphatic carbocycles. The zero-order chi connectivity index (χ0) is 13.9. The number of carbonyl (C=O) groups excluding carboxylic acids is 1. The topological polar surface area (TPSA) is 52.1 Å². The number of aromatic nitrogens is 2. The van der Waals surface area contributed by atoms with E-state index < -0.39 is 0 Å². The van der Waals surface area contributed by atoms with Crippen molar-refractivity contribution in [3.05, 3.63) is 59.9 Å². The highest BCUT2D eigenvalue weighted by Crippen LogP contribution is 2.25. The maximum atomic E-state index is 11.2. The van der Waals surface area contributed by atoms with E-state index in [-0.39, 0.29) is 0 Å². The van der Waals surface area contributed by atoms with Crippen LogP contribution < -0.4 is 4.74 Å². The van der Waals surface area contributed by atoms with Crippen LogP contribution in [-0.2, 0) is 0 Å². The van der Waals surface area contributed by atoms with E-state index >= 15 is 0 Å². The number of rotatable bonds is 3. The number of carbonyl (C=O) groups is 1. The van der Waals surface area contributed by atoms with Gasteiger partial charge in [0.25, 0.3) is 0 Å². The van der Waals surface area contributed by atoms with Gasteiger partial charge in [-0.3, -0.25) is 9.78 Å². The van der Waals surface area contributed by atoms with Gasteiger partial charge in [0.05, 0.1) is 17.3 Å². The van der Waals surface area contributed by atoms with E-state index in [1.165, 1.54) is 0 Å². The fourth-order valence-electron chi connectivity index (χ4n) is 1.91. The summed E-state index contributed by atoms with van der Waals surface area (Å²) >= 11 is 0. The zero-order valence-electron chi connectivity index (χ0n) is 10.9. The van der Waals surface area contributed by atoms with Crippen LogP contribution in [0.15, 0.2) is 48.7 Å². The van der Waals surface area contributed by atoms with Gasteiger partial charge in [-0.25, -0.2) is 4.98 Å². The summed E-state index contributed by atoms with van der Waals surface area (Å²) < 4.78 is 5.66. The first-order valence-corrected chi connectivity index (χ1v) is 6.22. The molecule has 0 saturated heterocycles. The Balaban J connectivity index is 2.05. The Morgan fingerprint density at radius 3 is 2.75 bits per heavy atom. The molecule has 0 radical (unpaired) electrons. The fourth-order valence-corrected chi connectivity index (χ4v) is 1.91. The second-order valence-electron chi connectivity index (χ2n) is 4.43. The second kappa shape index (κ2) is 5.09. The normalized spacial score (nSPS) is 10.4. The van der Waals surface area contributed by atoms with Gasteiger partial charge in [0, 0.05) is 11.1 Å². The number of pyridine rings is 2. The lowest BCUT2D eigenvalue weighted by Crippen LogP contribution is -1.95. The number of hydrogen-bond acceptors (Lipinski definition) is 4. The highest BCUT2D eigenvalue weighted by atomic mass is 16.5. The Morgan fingerprint density at radius 1 is 1.15 bits per heavy atom. The number of fused-ring (bicyclic) bond motifs is 1. The maximum Gasteiger partial charge on any atom is 0.230 e. The third-order valence-electron chi connectivity index (χ3n) is 2.94. The Kier molecular flexibility index (Phi) is 3.13. The molecule has 0 amide bonds. The quantitative estimate of drug-likeness (QED) is 0.679. The van der Waals surface area contributed by atoms with Gasteiger partial charge in [-0.15, -0.1) is 0 Å². The molecule has 0 N–H and O–H groups in total. The molecule has 0 aliphatic rings. The van der Waals surface area contributed by atoms with Crippen LogP contribution in [0.2, 0.25) is 0 Å². The van der Waals surface area contributed by atoms with Crippen molar-refractivity contribution >= 4 is 17.2 Å². The van der Waals surface area contributed by atoms with Crippen molar-refractivity contribution in [1.29, 1.82) is 0 Å². The van der Waals surface area contributed by atoms with E-state index in [1.807, 2.05) is 37.3 Å². The number of benzene rings is 1. The van der Waals surface area contributed by atoms with E-state index in [2.05, 4.69) is 9.97 Å². The minimum atomic E-state index is 0.296. The van der Waals surface area contributed by atoms with E-state index in [0.29, 0.717) is 17.2 Å². The summed E-state index contributed by atoms with van der Waals surface area (Å²) in [6, 6.07) is 13.0. The summed E-state index contributed by atoms with van der Waals surface area (Å²) in [6.07, 6.45) is 2.36. The van der Waals surface area contributed by atoms with Gasteiger partial charge in [0.15, 0.2) is 6.29 Å². The molecule has 0 unspecified atom stereocenters. The number of aryl methyl sites for hydroxylation is 1. The zero-order valence-corrected chi connectivity index (χ0v) is 10.9. The number of hydrogen-bond donors (Lipinski definition) is 0. The lowest BCUT2D eigenvalue weighted by Gasteiger charge is -2.08. The highest BCUT2D eigenvalue weighted by Gasteiger charge is 2.08. The molecule has 98 valence electrons. The Bertz CT molecular complexity index is 767. The summed E-state index contributed by atoms with van der Waals surface area (Å²) in [4.78, 5) is 19.7. The van der Waals surface area contributed by atoms with E-state index in [0.717, 1.165) is 22.9 Å². The van der Waals surface area contributed by atoms with Crippen LogP contribution in [0, 0.1) is 6.92 Å². The van der Waals surface area contributed by atoms with Crippen molar-refractivity contribution < 1.29 is 9.53 Å². The van der Waals surface area contributed by atoms with Crippen LogP contribution in [0.1, 0.15) is 16.1 Å². The molecule has 20 heavy (non-hydrogen) atoms. The number of para-hydroxylation sites is 1. The van der Waals surface area contributed by atoms with Gasteiger partial charge >= 0.3 is 0 Å². The van der Waals surface area contributed by atoms with Gasteiger partial charge in [-0.1, -0.05) is 18.2 Å². The Labute approximate surface area is 116 Å². The standard InChI is InChI=1S/C16H12N2O2/c1-11-6-7-14(9-17-11)20-16-13(10-19)8-12-4-2-3-5-15(12)18-16/h2-10H,1H3. The molecular formula is C16H12N2O2. The fraction of sp³-hybridized carbons (Fsp3) is 0.0625. The SMILES string of the molecule is Cc1ccc(Oc2nc3ccccc3cc2C=O)cn1. The second-order valence-corrected chi connectivity index (χ2v) is 4.43. The molecule has 0 saturated carbocycles. The third kappa shape index (κ3) is 2.36. The van der Waals surface area contributed by atoms with Crippen LogP contribution >= 0.6 is 0 Å². The smallest absolute Gasteiger partial charge is 0.230 e. The summed E-state index contributed by atoms with van der Waals surface area (Å²) in [5.41, 5.74) is 2.11. The van der Waals surface area contributed by atoms with Crippen molar-refractivity contribution in [2.24, 2.45) is 0 Å². The first-order valence-electron chi connectivity index (χ1n) is 6.22. The van der Waals surface area contributed by atoms with Crippen molar-refractivity contribution in [2.75, 3.05) is 0 Å². The maximum absolute atomic E-state index is 11.2. The van der Waals surface area contributed by atoms with Gasteiger partial charge in [-0.2, -0.15) is 0 Å². The summed E-state index contributed by atoms with van der Waals surface area (Å²) in [7, 11) is 0. The lowest BCUT2D eigenvalue weighted by atomic mass is 10.1. The van der Waals surface area contributed by atoms with Crippen LogP contribution in [0.4, 0.5) is 0 Å². The minimum Gasteiger partial charge on any atom is -0.437 e. The summed E-state index contributed by atoms with van der Waals surface area (Å²) in [5.74, 6) is 0.853. The van der Waals surface area contributed by atoms with Crippen molar-refractivity contribution in [3.8, 4) is 11.6 Å². The molecule has 0 spiro atoms. The van der Waals surface area contributed by atoms with Crippen molar-refractivity contribution in [2.45, 2.75) is 6.92 Å². The van der Waals surface area contributed by atoms with Gasteiger partial charge in [-0.05, 0) is 31.2 Å². The minimum absolute atomic E-state index is 0.296. The lowest BCUT2D eigenvalue weighted by molar-refractivity contribution is 0.112. The molecule has 2 aromatic heterocycles. The monoisotopic (exact) mass is 264 g/mol. The molecule has 4 nitrogen and oxygen atoms in total. The Hall–Kier alpha value is -2.75. The average Bonchev–Trinajstić information content (AvgIpc) is 2.49. The van der Waals surface area contributed by atoms with Gasteiger partial charge < -0.3 is 4.74 Å². The molecule has 4 heteroatoms. The molecule has 0 aliphatic heterocycles. The molecular weight excluding hydrogens is 252 g/mol. The number of ether oxygens (including phenoxy) is 1. The third-order valence-corrected chi connectivity index (χ3v) is 2.94. The van der Waals surface area contributed by atoms with E-state index in [4.69, 9.17) is 4.74 Å². The van der Waals surface area contributed by atoms with Crippen LogP contribution in [0.25, 0.3) is 10.9 Å². The van der Waals surface area contributed by atoms with Gasteiger partial charge in [0.1, 0.15) is 5.75 Å². The average molecular weight is 264 g/mol. The van der Waals surface area contributed by atoms with E-state index in [1.54, 1.807) is 18.3 Å². The molecule has 3 rings (SSSR count). The summed E-state index contributed by atoms with van der Waals surface area (Å²) in [6.45, 7) is 1.90. The number of nitrogens with zero attached hydrogens (tertiary/aromatic N) is 2. The van der Waals surface area contributed by atoms with Crippen LogP contribution in [0.5, 0.6) is 11.6 Å². The van der Waals surface area contributed by atoms with Crippen molar-refractivity contribution in [3.63, 3.8) is 0 Å². The largest absolute Gasteiger partial charge is 0.437 e. The molecule has 1 aromatic carbocycles. The highest BCUT2D eigenvalue weighted by molar-refractivity contribution is 5.88. The first kappa shape index (κ1) is 12.3. The molecule has 0 bridgehead atoms. The molecule has 0 fully saturated rings. The first-order chi connectivity index (χ1) is 9.76. The van der Waals surface area contributed by atoms with Crippen molar-refractivity contribution in [1.82, 2.24) is 9.97 Å². The molecule has 2 heterocycles. The molecule has 0 atom stereocenters. The van der Waals surface area contributed by atoms with Crippen LogP contribution in [0.3, 0.4) is 0 Å². The predicted molar refractivity (Wildman–Crippen MR) is 76.2 cm³/mol.